The van der Waals surface area contributed by atoms with Crippen molar-refractivity contribution in [1.82, 2.24) is 4.98 Å². The first kappa shape index (κ1) is 13.8. The van der Waals surface area contributed by atoms with E-state index in [2.05, 4.69) is 26.2 Å². The molecule has 0 unspecified atom stereocenters. The van der Waals surface area contributed by atoms with Crippen LogP contribution in [0.15, 0.2) is 16.7 Å². The lowest BCUT2D eigenvalue weighted by Crippen LogP contribution is -2.40. The van der Waals surface area contributed by atoms with Gasteiger partial charge in [0.2, 0.25) is 5.91 Å². The fraction of sp³-hybridized carbons (Fsp3) is 0.500. The van der Waals surface area contributed by atoms with Crippen LogP contribution < -0.4 is 11.1 Å². The topological polar surface area (TPSA) is 68.0 Å². The average molecular weight is 333 g/mol. The number of hydrogen-bond acceptors (Lipinski definition) is 3. The number of aromatic nitrogens is 1. The fourth-order valence-electron chi connectivity index (χ4n) is 2.34. The Balaban J connectivity index is 2.18. The molecule has 18 heavy (non-hydrogen) atoms. The summed E-state index contributed by atoms with van der Waals surface area (Å²) in [4.78, 5) is 16.3. The van der Waals surface area contributed by atoms with Crippen LogP contribution >= 0.6 is 27.5 Å². The van der Waals surface area contributed by atoms with E-state index in [-0.39, 0.29) is 11.1 Å². The number of nitrogens with zero attached hydrogens (tertiary/aromatic N) is 1. The molecule has 98 valence electrons. The van der Waals surface area contributed by atoms with Gasteiger partial charge in [0, 0.05) is 17.2 Å². The summed E-state index contributed by atoms with van der Waals surface area (Å²) in [5, 5.41) is 3.13. The number of amides is 1. The van der Waals surface area contributed by atoms with E-state index in [1.54, 1.807) is 12.3 Å². The first-order valence-electron chi connectivity index (χ1n) is 5.90. The minimum absolute atomic E-state index is 0.0516. The van der Waals surface area contributed by atoms with Crippen molar-refractivity contribution >= 4 is 39.1 Å². The van der Waals surface area contributed by atoms with Crippen LogP contribution in [-0.4, -0.2) is 17.4 Å². The summed E-state index contributed by atoms with van der Waals surface area (Å²) in [5.74, 6) is -0.0516. The molecule has 1 fully saturated rings. The molecule has 0 radical (unpaired) electrons. The Morgan fingerprint density at radius 3 is 2.83 bits per heavy atom. The Kier molecular flexibility index (Phi) is 4.25. The van der Waals surface area contributed by atoms with Crippen molar-refractivity contribution in [3.8, 4) is 0 Å². The second kappa shape index (κ2) is 5.55. The van der Waals surface area contributed by atoms with E-state index in [4.69, 9.17) is 17.3 Å². The molecular formula is C12H15BrClN3O. The summed E-state index contributed by atoms with van der Waals surface area (Å²) in [6, 6.07) is 1.74. The van der Waals surface area contributed by atoms with Crippen molar-refractivity contribution in [3.63, 3.8) is 0 Å². The standard InChI is InChI=1S/C12H15BrClN3O/c13-8-5-9(10(14)16-6-8)17-11(18)12(7-15)3-1-2-4-12/h5-6H,1-4,7,15H2,(H,17,18). The van der Waals surface area contributed by atoms with Gasteiger partial charge in [-0.3, -0.25) is 4.79 Å². The highest BCUT2D eigenvalue weighted by Crippen LogP contribution is 2.38. The zero-order valence-electron chi connectivity index (χ0n) is 9.88. The van der Waals surface area contributed by atoms with Gasteiger partial charge >= 0.3 is 0 Å². The van der Waals surface area contributed by atoms with Crippen LogP contribution in [0.1, 0.15) is 25.7 Å². The lowest BCUT2D eigenvalue weighted by molar-refractivity contribution is -0.124. The van der Waals surface area contributed by atoms with Gasteiger partial charge in [-0.05, 0) is 34.8 Å². The Morgan fingerprint density at radius 1 is 1.56 bits per heavy atom. The number of pyridine rings is 1. The van der Waals surface area contributed by atoms with E-state index in [9.17, 15) is 4.79 Å². The molecule has 1 aliphatic carbocycles. The third-order valence-electron chi connectivity index (χ3n) is 3.49. The molecule has 1 heterocycles. The Morgan fingerprint density at radius 2 is 2.22 bits per heavy atom. The van der Waals surface area contributed by atoms with E-state index in [1.807, 2.05) is 0 Å². The molecule has 1 amide bonds. The molecule has 2 rings (SSSR count). The van der Waals surface area contributed by atoms with Gasteiger partial charge in [-0.2, -0.15) is 0 Å². The zero-order valence-corrected chi connectivity index (χ0v) is 12.2. The third-order valence-corrected chi connectivity index (χ3v) is 4.22. The molecule has 0 bridgehead atoms. The van der Waals surface area contributed by atoms with Crippen LogP contribution in [0.5, 0.6) is 0 Å². The maximum atomic E-state index is 12.3. The monoisotopic (exact) mass is 331 g/mol. The number of carbonyl (C=O) groups excluding carboxylic acids is 1. The van der Waals surface area contributed by atoms with Crippen LogP contribution in [0.25, 0.3) is 0 Å². The van der Waals surface area contributed by atoms with Crippen LogP contribution in [0.3, 0.4) is 0 Å². The van der Waals surface area contributed by atoms with E-state index >= 15 is 0 Å². The minimum atomic E-state index is -0.439. The number of halogens is 2. The van der Waals surface area contributed by atoms with Gasteiger partial charge in [-0.15, -0.1) is 0 Å². The second-order valence-corrected chi connectivity index (χ2v) is 5.91. The predicted octanol–water partition coefficient (Wildman–Crippen LogP) is 2.96. The van der Waals surface area contributed by atoms with E-state index in [0.29, 0.717) is 12.2 Å². The maximum Gasteiger partial charge on any atom is 0.231 e. The number of anilines is 1. The van der Waals surface area contributed by atoms with Crippen molar-refractivity contribution in [2.24, 2.45) is 11.1 Å². The SMILES string of the molecule is NCC1(C(=O)Nc2cc(Br)cnc2Cl)CCCC1. The first-order valence-corrected chi connectivity index (χ1v) is 7.07. The van der Waals surface area contributed by atoms with Gasteiger partial charge in [-0.1, -0.05) is 24.4 Å². The summed E-state index contributed by atoms with van der Waals surface area (Å²) in [6.07, 6.45) is 5.37. The van der Waals surface area contributed by atoms with Gasteiger partial charge in [0.1, 0.15) is 0 Å². The molecule has 1 aliphatic rings. The minimum Gasteiger partial charge on any atom is -0.329 e. The fourth-order valence-corrected chi connectivity index (χ4v) is 2.82. The maximum absolute atomic E-state index is 12.3. The van der Waals surface area contributed by atoms with Crippen molar-refractivity contribution in [1.29, 1.82) is 0 Å². The van der Waals surface area contributed by atoms with Gasteiger partial charge < -0.3 is 11.1 Å². The lowest BCUT2D eigenvalue weighted by atomic mass is 9.85. The number of nitrogens with one attached hydrogen (secondary N) is 1. The van der Waals surface area contributed by atoms with Gasteiger partial charge in [-0.25, -0.2) is 4.98 Å². The third kappa shape index (κ3) is 2.68. The molecule has 0 aromatic carbocycles. The van der Waals surface area contributed by atoms with Gasteiger partial charge in [0.15, 0.2) is 5.15 Å². The zero-order chi connectivity index (χ0) is 13.2. The molecule has 0 aliphatic heterocycles. The molecule has 4 nitrogen and oxygen atoms in total. The Bertz CT molecular complexity index is 461. The van der Waals surface area contributed by atoms with Gasteiger partial charge in [0.25, 0.3) is 0 Å². The molecular weight excluding hydrogens is 318 g/mol. The van der Waals surface area contributed by atoms with Crippen molar-refractivity contribution < 1.29 is 4.79 Å². The van der Waals surface area contributed by atoms with Crippen LogP contribution in [0, 0.1) is 5.41 Å². The summed E-state index contributed by atoms with van der Waals surface area (Å²) < 4.78 is 0.774. The molecule has 1 saturated carbocycles. The molecule has 1 aromatic rings. The lowest BCUT2D eigenvalue weighted by Gasteiger charge is -2.25. The summed E-state index contributed by atoms with van der Waals surface area (Å²) in [7, 11) is 0. The average Bonchev–Trinajstić information content (AvgIpc) is 2.84. The normalized spacial score (nSPS) is 17.7. The second-order valence-electron chi connectivity index (χ2n) is 4.64. The highest BCUT2D eigenvalue weighted by molar-refractivity contribution is 9.10. The van der Waals surface area contributed by atoms with E-state index < -0.39 is 5.41 Å². The van der Waals surface area contributed by atoms with Crippen LogP contribution in [0.4, 0.5) is 5.69 Å². The van der Waals surface area contributed by atoms with E-state index in [0.717, 1.165) is 30.2 Å². The molecule has 0 spiro atoms. The first-order chi connectivity index (χ1) is 8.57. The quantitative estimate of drug-likeness (QED) is 0.836. The van der Waals surface area contributed by atoms with E-state index in [1.165, 1.54) is 0 Å². The number of hydrogen-bond donors (Lipinski definition) is 2. The van der Waals surface area contributed by atoms with Crippen molar-refractivity contribution in [2.45, 2.75) is 25.7 Å². The molecule has 0 atom stereocenters. The predicted molar refractivity (Wildman–Crippen MR) is 75.5 cm³/mol. The summed E-state index contributed by atoms with van der Waals surface area (Å²) in [5.41, 5.74) is 5.86. The number of carbonyl (C=O) groups is 1. The number of rotatable bonds is 3. The molecule has 3 N–H and O–H groups in total. The molecule has 0 saturated heterocycles. The highest BCUT2D eigenvalue weighted by Gasteiger charge is 2.40. The summed E-state index contributed by atoms with van der Waals surface area (Å²) in [6.45, 7) is 0.373. The Labute approximate surface area is 119 Å². The number of nitrogens with two attached hydrogens (primary N) is 1. The van der Waals surface area contributed by atoms with Gasteiger partial charge in [0.05, 0.1) is 11.1 Å². The van der Waals surface area contributed by atoms with Crippen molar-refractivity contribution in [2.75, 3.05) is 11.9 Å². The van der Waals surface area contributed by atoms with Crippen LogP contribution in [-0.2, 0) is 4.79 Å². The highest BCUT2D eigenvalue weighted by atomic mass is 79.9. The largest absolute Gasteiger partial charge is 0.329 e. The smallest absolute Gasteiger partial charge is 0.231 e. The van der Waals surface area contributed by atoms with Crippen LogP contribution in [0.2, 0.25) is 5.15 Å². The Hall–Kier alpha value is -0.650. The summed E-state index contributed by atoms with van der Waals surface area (Å²) >= 11 is 9.26. The van der Waals surface area contributed by atoms with Crippen molar-refractivity contribution in [3.05, 3.63) is 21.9 Å². The molecule has 6 heteroatoms. The molecule has 1 aromatic heterocycles.